The molecule has 2 rings (SSSR count). The molecule has 1 aromatic rings. The molecule has 1 heterocycles. The number of carbonyl (C=O) groups excluding carboxylic acids is 1. The average molecular weight is 365 g/mol. The first-order valence-electron chi connectivity index (χ1n) is 6.11. The maximum Gasteiger partial charge on any atom is 0.252 e. The number of nitrogens with one attached hydrogen (secondary N) is 1. The van der Waals surface area contributed by atoms with Gasteiger partial charge in [0.2, 0.25) is 10.0 Å². The lowest BCUT2D eigenvalue weighted by atomic mass is 10.2. The molecule has 0 spiro atoms. The smallest absolute Gasteiger partial charge is 0.252 e. The molecule has 5 nitrogen and oxygen atoms in total. The van der Waals surface area contributed by atoms with Gasteiger partial charge in [0.1, 0.15) is 5.82 Å². The van der Waals surface area contributed by atoms with Crippen molar-refractivity contribution in [2.45, 2.75) is 6.42 Å². The summed E-state index contributed by atoms with van der Waals surface area (Å²) in [6.45, 7) is 0.979. The number of hydrogen-bond donors (Lipinski definition) is 1. The zero-order chi connectivity index (χ0) is 14.8. The third-order valence-corrected chi connectivity index (χ3v) is 5.64. The Balaban J connectivity index is 1.90. The lowest BCUT2D eigenvalue weighted by molar-refractivity contribution is 0.0951. The fraction of sp³-hybridized carbons (Fsp3) is 0.417. The molecule has 1 aliphatic rings. The predicted molar refractivity (Wildman–Crippen MR) is 76.4 cm³/mol. The van der Waals surface area contributed by atoms with E-state index in [0.29, 0.717) is 23.0 Å². The molecular weight excluding hydrogens is 351 g/mol. The van der Waals surface area contributed by atoms with E-state index in [-0.39, 0.29) is 24.7 Å². The minimum absolute atomic E-state index is 0.171. The fourth-order valence-electron chi connectivity index (χ4n) is 2.01. The SMILES string of the molecule is O=C(NCCN1CCCS1(=O)=O)c1ccc(F)cc1Br. The number of hydrogen-bond acceptors (Lipinski definition) is 3. The van der Waals surface area contributed by atoms with E-state index in [1.54, 1.807) is 0 Å². The quantitative estimate of drug-likeness (QED) is 0.876. The van der Waals surface area contributed by atoms with Crippen LogP contribution in [0.2, 0.25) is 0 Å². The summed E-state index contributed by atoms with van der Waals surface area (Å²) < 4.78 is 37.8. The summed E-state index contributed by atoms with van der Waals surface area (Å²) in [6, 6.07) is 3.78. The standard InChI is InChI=1S/C12H14BrFN2O3S/c13-11-8-9(14)2-3-10(11)12(17)15-4-6-16-5-1-7-20(16,18)19/h2-3,8H,1,4-7H2,(H,15,17). The Bertz CT molecular complexity index is 621. The van der Waals surface area contributed by atoms with Gasteiger partial charge in [0.15, 0.2) is 0 Å². The normalized spacial score (nSPS) is 18.1. The summed E-state index contributed by atoms with van der Waals surface area (Å²) >= 11 is 3.12. The summed E-state index contributed by atoms with van der Waals surface area (Å²) in [4.78, 5) is 11.9. The van der Waals surface area contributed by atoms with Crippen molar-refractivity contribution in [3.63, 3.8) is 0 Å². The Hall–Kier alpha value is -0.990. The Morgan fingerprint density at radius 2 is 2.20 bits per heavy atom. The number of halogens is 2. The summed E-state index contributed by atoms with van der Waals surface area (Å²) in [5.74, 6) is -0.630. The molecule has 0 aliphatic carbocycles. The zero-order valence-corrected chi connectivity index (χ0v) is 13.0. The predicted octanol–water partition coefficient (Wildman–Crippen LogP) is 1.35. The van der Waals surface area contributed by atoms with Gasteiger partial charge in [-0.2, -0.15) is 0 Å². The van der Waals surface area contributed by atoms with E-state index < -0.39 is 15.8 Å². The first-order valence-corrected chi connectivity index (χ1v) is 8.51. The molecule has 0 saturated carbocycles. The highest BCUT2D eigenvalue weighted by Gasteiger charge is 2.27. The summed E-state index contributed by atoms with van der Waals surface area (Å²) in [5, 5.41) is 2.63. The molecule has 1 N–H and O–H groups in total. The molecule has 8 heteroatoms. The highest BCUT2D eigenvalue weighted by molar-refractivity contribution is 9.10. The molecule has 1 amide bonds. The van der Waals surface area contributed by atoms with Gasteiger partial charge in [0.05, 0.1) is 11.3 Å². The molecule has 0 radical (unpaired) electrons. The van der Waals surface area contributed by atoms with Gasteiger partial charge in [-0.3, -0.25) is 4.79 Å². The van der Waals surface area contributed by atoms with Crippen LogP contribution in [0, 0.1) is 5.82 Å². The largest absolute Gasteiger partial charge is 0.351 e. The van der Waals surface area contributed by atoms with Crippen molar-refractivity contribution in [2.24, 2.45) is 0 Å². The van der Waals surface area contributed by atoms with E-state index in [1.165, 1.54) is 22.5 Å². The Morgan fingerprint density at radius 3 is 2.80 bits per heavy atom. The molecule has 1 aromatic carbocycles. The van der Waals surface area contributed by atoms with Crippen LogP contribution >= 0.6 is 15.9 Å². The van der Waals surface area contributed by atoms with Gasteiger partial charge in [-0.25, -0.2) is 17.1 Å². The summed E-state index contributed by atoms with van der Waals surface area (Å²) in [7, 11) is -3.14. The number of carbonyl (C=O) groups is 1. The molecule has 0 atom stereocenters. The van der Waals surface area contributed by atoms with Crippen molar-refractivity contribution in [3.05, 3.63) is 34.1 Å². The lowest BCUT2D eigenvalue weighted by Crippen LogP contribution is -2.36. The first-order chi connectivity index (χ1) is 9.40. The van der Waals surface area contributed by atoms with E-state index >= 15 is 0 Å². The third kappa shape index (κ3) is 3.56. The number of sulfonamides is 1. The minimum Gasteiger partial charge on any atom is -0.351 e. The van der Waals surface area contributed by atoms with Gasteiger partial charge < -0.3 is 5.32 Å². The van der Waals surface area contributed by atoms with E-state index in [9.17, 15) is 17.6 Å². The van der Waals surface area contributed by atoms with Crippen molar-refractivity contribution in [3.8, 4) is 0 Å². The highest BCUT2D eigenvalue weighted by Crippen LogP contribution is 2.18. The molecule has 1 aliphatic heterocycles. The van der Waals surface area contributed by atoms with Crippen LogP contribution in [0.5, 0.6) is 0 Å². The van der Waals surface area contributed by atoms with Gasteiger partial charge in [0, 0.05) is 24.1 Å². The van der Waals surface area contributed by atoms with Gasteiger partial charge in [-0.15, -0.1) is 0 Å². The first kappa shape index (κ1) is 15.4. The third-order valence-electron chi connectivity index (χ3n) is 3.03. The van der Waals surface area contributed by atoms with Crippen LogP contribution < -0.4 is 5.32 Å². The average Bonchev–Trinajstić information content (AvgIpc) is 2.68. The second-order valence-electron chi connectivity index (χ2n) is 4.45. The highest BCUT2D eigenvalue weighted by atomic mass is 79.9. The van der Waals surface area contributed by atoms with Crippen LogP contribution in [0.1, 0.15) is 16.8 Å². The second-order valence-corrected chi connectivity index (χ2v) is 7.39. The monoisotopic (exact) mass is 364 g/mol. The number of benzene rings is 1. The molecule has 110 valence electrons. The topological polar surface area (TPSA) is 66.5 Å². The molecule has 0 bridgehead atoms. The van der Waals surface area contributed by atoms with Gasteiger partial charge in [-0.05, 0) is 40.5 Å². The fourth-order valence-corrected chi connectivity index (χ4v) is 4.07. The maximum atomic E-state index is 12.9. The Kier molecular flexibility index (Phi) is 4.77. The maximum absolute atomic E-state index is 12.9. The Labute approximate surface area is 125 Å². The van der Waals surface area contributed by atoms with Gasteiger partial charge in [-0.1, -0.05) is 0 Å². The van der Waals surface area contributed by atoms with Crippen molar-refractivity contribution >= 4 is 31.9 Å². The van der Waals surface area contributed by atoms with E-state index in [1.807, 2.05) is 0 Å². The van der Waals surface area contributed by atoms with Crippen LogP contribution in [-0.4, -0.2) is 44.0 Å². The van der Waals surface area contributed by atoms with Gasteiger partial charge >= 0.3 is 0 Å². The van der Waals surface area contributed by atoms with Crippen molar-refractivity contribution in [2.75, 3.05) is 25.4 Å². The van der Waals surface area contributed by atoms with Crippen molar-refractivity contribution in [1.29, 1.82) is 0 Å². The molecular formula is C12H14BrFN2O3S. The summed E-state index contributed by atoms with van der Waals surface area (Å²) in [6.07, 6.45) is 0.625. The van der Waals surface area contributed by atoms with Crippen LogP contribution in [0.4, 0.5) is 4.39 Å². The van der Waals surface area contributed by atoms with Crippen LogP contribution in [0.15, 0.2) is 22.7 Å². The molecule has 20 heavy (non-hydrogen) atoms. The second kappa shape index (κ2) is 6.19. The number of rotatable bonds is 4. The van der Waals surface area contributed by atoms with E-state index in [4.69, 9.17) is 0 Å². The zero-order valence-electron chi connectivity index (χ0n) is 10.6. The lowest BCUT2D eigenvalue weighted by Gasteiger charge is -2.14. The molecule has 0 unspecified atom stereocenters. The minimum atomic E-state index is -3.14. The molecule has 1 fully saturated rings. The van der Waals surface area contributed by atoms with E-state index in [2.05, 4.69) is 21.2 Å². The van der Waals surface area contributed by atoms with Crippen LogP contribution in [0.3, 0.4) is 0 Å². The number of amides is 1. The molecule has 1 saturated heterocycles. The van der Waals surface area contributed by atoms with Crippen LogP contribution in [0.25, 0.3) is 0 Å². The van der Waals surface area contributed by atoms with E-state index in [0.717, 1.165) is 0 Å². The van der Waals surface area contributed by atoms with Crippen molar-refractivity contribution in [1.82, 2.24) is 9.62 Å². The molecule has 0 aromatic heterocycles. The summed E-state index contributed by atoms with van der Waals surface area (Å²) in [5.41, 5.74) is 0.315. The van der Waals surface area contributed by atoms with Crippen molar-refractivity contribution < 1.29 is 17.6 Å². The Morgan fingerprint density at radius 1 is 1.45 bits per heavy atom. The number of nitrogens with zero attached hydrogens (tertiary/aromatic N) is 1. The van der Waals surface area contributed by atoms with Crippen LogP contribution in [-0.2, 0) is 10.0 Å². The van der Waals surface area contributed by atoms with Gasteiger partial charge in [0.25, 0.3) is 5.91 Å².